The molecule has 3 aromatic carbocycles. The van der Waals surface area contributed by atoms with Gasteiger partial charge in [-0.15, -0.1) is 0 Å². The summed E-state index contributed by atoms with van der Waals surface area (Å²) < 4.78 is 5.96. The summed E-state index contributed by atoms with van der Waals surface area (Å²) in [6.07, 6.45) is 1.56. The Balaban J connectivity index is 1.96. The molecule has 0 fully saturated rings. The highest BCUT2D eigenvalue weighted by molar-refractivity contribution is 6.10. The normalized spacial score (nSPS) is 11.9. The van der Waals surface area contributed by atoms with E-state index in [9.17, 15) is 4.79 Å². The van der Waals surface area contributed by atoms with Gasteiger partial charge in [0.2, 0.25) is 5.91 Å². The fraction of sp³-hybridized carbons (Fsp3) is 0.0526. The van der Waals surface area contributed by atoms with E-state index >= 15 is 0 Å². The van der Waals surface area contributed by atoms with E-state index in [-0.39, 0.29) is 5.91 Å². The average molecular weight is 287 g/mol. The summed E-state index contributed by atoms with van der Waals surface area (Å²) in [4.78, 5) is 14.7. The van der Waals surface area contributed by atoms with Gasteiger partial charge in [-0.2, -0.15) is 0 Å². The number of hydrogen-bond donors (Lipinski definition) is 0. The lowest BCUT2D eigenvalue weighted by Crippen LogP contribution is -1.86. The van der Waals surface area contributed by atoms with Gasteiger partial charge in [0.15, 0.2) is 0 Å². The second-order valence-electron chi connectivity index (χ2n) is 5.33. The number of nitrogens with zero attached hydrogens (tertiary/aromatic N) is 1. The zero-order chi connectivity index (χ0) is 15.1. The Kier molecular flexibility index (Phi) is 2.79. The number of aliphatic imine (C=N–C) groups is 1. The summed E-state index contributed by atoms with van der Waals surface area (Å²) in [5.41, 5.74) is 2.53. The third-order valence-electron chi connectivity index (χ3n) is 3.76. The smallest absolute Gasteiger partial charge is 0.242 e. The van der Waals surface area contributed by atoms with Crippen molar-refractivity contribution in [1.82, 2.24) is 0 Å². The number of amides is 1. The lowest BCUT2D eigenvalue weighted by molar-refractivity contribution is -0.115. The van der Waals surface area contributed by atoms with Crippen molar-refractivity contribution in [2.75, 3.05) is 0 Å². The number of furan rings is 1. The molecule has 3 nitrogen and oxygen atoms in total. The van der Waals surface area contributed by atoms with Crippen molar-refractivity contribution >= 4 is 44.8 Å². The molecule has 1 heterocycles. The molecule has 22 heavy (non-hydrogen) atoms. The second-order valence-corrected chi connectivity index (χ2v) is 5.33. The monoisotopic (exact) mass is 287 g/mol. The summed E-state index contributed by atoms with van der Waals surface area (Å²) in [5.74, 6) is -0.212. The highest BCUT2D eigenvalue weighted by Crippen LogP contribution is 2.32. The van der Waals surface area contributed by atoms with Gasteiger partial charge in [0.05, 0.1) is 0 Å². The quantitative estimate of drug-likeness (QED) is 0.476. The number of rotatable bonds is 1. The predicted molar refractivity (Wildman–Crippen MR) is 89.5 cm³/mol. The molecule has 0 aliphatic carbocycles. The highest BCUT2D eigenvalue weighted by Gasteiger charge is 2.08. The van der Waals surface area contributed by atoms with Crippen LogP contribution in [0, 0.1) is 0 Å². The molecule has 0 aliphatic rings. The van der Waals surface area contributed by atoms with Crippen LogP contribution >= 0.6 is 0 Å². The molecule has 0 unspecified atom stereocenters. The SMILES string of the molecule is CC(=O)/N=C/c1ccc2c(c1)oc1cc3ccccc3cc12. The summed E-state index contributed by atoms with van der Waals surface area (Å²) >= 11 is 0. The number of carbonyl (C=O) groups excluding carboxylic acids is 1. The van der Waals surface area contributed by atoms with Gasteiger partial charge < -0.3 is 4.42 Å². The van der Waals surface area contributed by atoms with Gasteiger partial charge in [-0.3, -0.25) is 4.79 Å². The van der Waals surface area contributed by atoms with Crippen molar-refractivity contribution in [2.24, 2.45) is 4.99 Å². The zero-order valence-electron chi connectivity index (χ0n) is 12.0. The fourth-order valence-corrected chi connectivity index (χ4v) is 2.72. The third kappa shape index (κ3) is 2.07. The van der Waals surface area contributed by atoms with Crippen LogP contribution in [0.2, 0.25) is 0 Å². The summed E-state index contributed by atoms with van der Waals surface area (Å²) in [5, 5.41) is 4.52. The molecule has 1 amide bonds. The lowest BCUT2D eigenvalue weighted by atomic mass is 10.1. The molecule has 0 aliphatic heterocycles. The molecule has 0 N–H and O–H groups in total. The first-order valence-electron chi connectivity index (χ1n) is 7.10. The molecule has 4 rings (SSSR count). The Morgan fingerprint density at radius 2 is 1.68 bits per heavy atom. The van der Waals surface area contributed by atoms with E-state index in [4.69, 9.17) is 4.42 Å². The van der Waals surface area contributed by atoms with Gasteiger partial charge >= 0.3 is 0 Å². The molecule has 0 radical (unpaired) electrons. The average Bonchev–Trinajstić information content (AvgIpc) is 2.87. The maximum atomic E-state index is 10.9. The Bertz CT molecular complexity index is 1060. The molecule has 0 atom stereocenters. The first-order chi connectivity index (χ1) is 10.7. The van der Waals surface area contributed by atoms with E-state index < -0.39 is 0 Å². The highest BCUT2D eigenvalue weighted by atomic mass is 16.3. The molecule has 3 heteroatoms. The van der Waals surface area contributed by atoms with Crippen molar-refractivity contribution in [1.29, 1.82) is 0 Å². The number of benzene rings is 3. The summed E-state index contributed by atoms with van der Waals surface area (Å²) in [6.45, 7) is 1.43. The van der Waals surface area contributed by atoms with E-state index in [0.717, 1.165) is 32.9 Å². The Morgan fingerprint density at radius 3 is 2.45 bits per heavy atom. The van der Waals surface area contributed by atoms with E-state index in [1.165, 1.54) is 12.3 Å². The molecule has 0 spiro atoms. The van der Waals surface area contributed by atoms with Gasteiger partial charge in [0, 0.05) is 23.9 Å². The van der Waals surface area contributed by atoms with Crippen LogP contribution in [0.1, 0.15) is 12.5 Å². The number of carbonyl (C=O) groups is 1. The van der Waals surface area contributed by atoms with Gasteiger partial charge in [0.25, 0.3) is 0 Å². The minimum absolute atomic E-state index is 0.212. The molecule has 0 saturated heterocycles. The maximum Gasteiger partial charge on any atom is 0.242 e. The Morgan fingerprint density at radius 1 is 0.955 bits per heavy atom. The first-order valence-corrected chi connectivity index (χ1v) is 7.10. The van der Waals surface area contributed by atoms with Crippen LogP contribution in [0.15, 0.2) is 64.0 Å². The Hall–Kier alpha value is -2.94. The molecule has 106 valence electrons. The standard InChI is InChI=1S/C19H13NO2/c1-12(21)20-11-13-6-7-16-17-9-14-4-2-3-5-15(14)10-19(17)22-18(16)8-13/h2-11H,1H3/b20-11+. The topological polar surface area (TPSA) is 42.6 Å². The maximum absolute atomic E-state index is 10.9. The van der Waals surface area contributed by atoms with Crippen LogP contribution < -0.4 is 0 Å². The zero-order valence-corrected chi connectivity index (χ0v) is 12.0. The molecule has 1 aromatic heterocycles. The number of fused-ring (bicyclic) bond motifs is 4. The van der Waals surface area contributed by atoms with Crippen molar-refractivity contribution in [3.63, 3.8) is 0 Å². The molecule has 4 aromatic rings. The van der Waals surface area contributed by atoms with Crippen LogP contribution in [0.4, 0.5) is 0 Å². The van der Waals surface area contributed by atoms with Gasteiger partial charge in [0.1, 0.15) is 11.2 Å². The minimum Gasteiger partial charge on any atom is -0.456 e. The van der Waals surface area contributed by atoms with E-state index in [1.54, 1.807) is 6.21 Å². The first kappa shape index (κ1) is 12.8. The molecule has 0 saturated carbocycles. The van der Waals surface area contributed by atoms with E-state index in [0.29, 0.717) is 0 Å². The van der Waals surface area contributed by atoms with Crippen LogP contribution in [0.25, 0.3) is 32.7 Å². The van der Waals surface area contributed by atoms with E-state index in [1.807, 2.05) is 30.3 Å². The summed E-state index contributed by atoms with van der Waals surface area (Å²) in [6, 6.07) is 18.3. The van der Waals surface area contributed by atoms with Crippen LogP contribution in [0.3, 0.4) is 0 Å². The third-order valence-corrected chi connectivity index (χ3v) is 3.76. The van der Waals surface area contributed by atoms with Gasteiger partial charge in [-0.25, -0.2) is 4.99 Å². The molecular formula is C19H13NO2. The second kappa shape index (κ2) is 4.81. The van der Waals surface area contributed by atoms with Crippen LogP contribution in [-0.2, 0) is 4.79 Å². The van der Waals surface area contributed by atoms with Crippen molar-refractivity contribution in [3.05, 3.63) is 60.2 Å². The van der Waals surface area contributed by atoms with Crippen molar-refractivity contribution in [2.45, 2.75) is 6.92 Å². The van der Waals surface area contributed by atoms with Crippen LogP contribution in [0.5, 0.6) is 0 Å². The van der Waals surface area contributed by atoms with Gasteiger partial charge in [-0.1, -0.05) is 30.3 Å². The van der Waals surface area contributed by atoms with Crippen molar-refractivity contribution < 1.29 is 9.21 Å². The lowest BCUT2D eigenvalue weighted by Gasteiger charge is -1.96. The predicted octanol–water partition coefficient (Wildman–Crippen LogP) is 4.70. The summed E-state index contributed by atoms with van der Waals surface area (Å²) in [7, 11) is 0. The molecular weight excluding hydrogens is 274 g/mol. The minimum atomic E-state index is -0.212. The molecule has 0 bridgehead atoms. The fourth-order valence-electron chi connectivity index (χ4n) is 2.72. The van der Waals surface area contributed by atoms with Gasteiger partial charge in [-0.05, 0) is 40.6 Å². The van der Waals surface area contributed by atoms with Crippen LogP contribution in [-0.4, -0.2) is 12.1 Å². The van der Waals surface area contributed by atoms with Crippen molar-refractivity contribution in [3.8, 4) is 0 Å². The number of hydrogen-bond acceptors (Lipinski definition) is 2. The Labute approximate surface area is 126 Å². The largest absolute Gasteiger partial charge is 0.456 e. The van der Waals surface area contributed by atoms with E-state index in [2.05, 4.69) is 29.3 Å².